The number of benzene rings is 1. The molecule has 3 N–H and O–H groups in total. The summed E-state index contributed by atoms with van der Waals surface area (Å²) >= 11 is 11.6. The summed E-state index contributed by atoms with van der Waals surface area (Å²) in [4.78, 5) is 26.2. The van der Waals surface area contributed by atoms with Gasteiger partial charge in [0.05, 0.1) is 10.7 Å². The first kappa shape index (κ1) is 15.6. The third-order valence-electron chi connectivity index (χ3n) is 2.52. The lowest BCUT2D eigenvalue weighted by molar-refractivity contribution is 0.598. The van der Waals surface area contributed by atoms with Gasteiger partial charge in [-0.1, -0.05) is 23.2 Å². The Morgan fingerprint density at radius 1 is 1.14 bits per heavy atom. The molecule has 0 aliphatic rings. The average molecular weight is 350 g/mol. The van der Waals surface area contributed by atoms with E-state index in [-0.39, 0.29) is 16.4 Å². The number of hydrogen-bond acceptors (Lipinski definition) is 4. The summed E-state index contributed by atoms with van der Waals surface area (Å²) < 4.78 is 26.7. The van der Waals surface area contributed by atoms with Gasteiger partial charge in [-0.25, -0.2) is 13.2 Å². The second-order valence-electron chi connectivity index (χ2n) is 4.09. The number of aromatic nitrogens is 2. The first-order valence-corrected chi connectivity index (χ1v) is 7.75. The summed E-state index contributed by atoms with van der Waals surface area (Å²) in [5.41, 5.74) is -1.83. The quantitative estimate of drug-likeness (QED) is 0.778. The van der Waals surface area contributed by atoms with Gasteiger partial charge in [0.1, 0.15) is 0 Å². The van der Waals surface area contributed by atoms with Gasteiger partial charge in [-0.3, -0.25) is 14.5 Å². The van der Waals surface area contributed by atoms with Crippen LogP contribution >= 0.6 is 23.2 Å². The molecule has 7 nitrogen and oxygen atoms in total. The lowest BCUT2D eigenvalue weighted by atomic mass is 10.3. The van der Waals surface area contributed by atoms with Gasteiger partial charge >= 0.3 is 5.69 Å². The molecule has 1 aromatic heterocycles. The Morgan fingerprint density at radius 2 is 1.81 bits per heavy atom. The van der Waals surface area contributed by atoms with Gasteiger partial charge in [0.15, 0.2) is 4.90 Å². The third kappa shape index (κ3) is 3.29. The van der Waals surface area contributed by atoms with Gasteiger partial charge in [0.2, 0.25) is 0 Å². The molecule has 0 bridgehead atoms. The lowest BCUT2D eigenvalue weighted by Crippen LogP contribution is -2.31. The number of aromatic amines is 2. The second kappa shape index (κ2) is 5.55. The van der Waals surface area contributed by atoms with Crippen LogP contribution in [0.2, 0.25) is 10.0 Å². The zero-order chi connectivity index (χ0) is 15.8. The minimum Gasteiger partial charge on any atom is -0.310 e. The maximum atomic E-state index is 12.2. The van der Waals surface area contributed by atoms with E-state index in [2.05, 4.69) is 9.71 Å². The molecule has 1 aromatic carbocycles. The molecule has 0 unspecified atom stereocenters. The molecule has 0 saturated carbocycles. The van der Waals surface area contributed by atoms with Crippen LogP contribution in [-0.4, -0.2) is 18.4 Å². The maximum absolute atomic E-state index is 12.2. The number of halogens is 2. The molecule has 2 aromatic rings. The monoisotopic (exact) mass is 349 g/mol. The molecule has 10 heteroatoms. The average Bonchev–Trinajstić information content (AvgIpc) is 2.30. The van der Waals surface area contributed by atoms with Crippen molar-refractivity contribution in [3.8, 4) is 0 Å². The van der Waals surface area contributed by atoms with Crippen LogP contribution in [-0.2, 0) is 10.0 Å². The minimum absolute atomic E-state index is 0.0612. The first-order chi connectivity index (χ1) is 9.70. The van der Waals surface area contributed by atoms with Crippen molar-refractivity contribution in [1.82, 2.24) is 9.97 Å². The van der Waals surface area contributed by atoms with Crippen molar-refractivity contribution < 1.29 is 8.42 Å². The van der Waals surface area contributed by atoms with E-state index in [0.717, 1.165) is 0 Å². The van der Waals surface area contributed by atoms with Crippen LogP contribution in [0.1, 0.15) is 5.69 Å². The Morgan fingerprint density at radius 3 is 2.38 bits per heavy atom. The van der Waals surface area contributed by atoms with Gasteiger partial charge in [-0.05, 0) is 25.1 Å². The van der Waals surface area contributed by atoms with Gasteiger partial charge in [0, 0.05) is 10.7 Å². The summed E-state index contributed by atoms with van der Waals surface area (Å²) in [6.45, 7) is 1.30. The Bertz CT molecular complexity index is 918. The van der Waals surface area contributed by atoms with Crippen molar-refractivity contribution in [2.45, 2.75) is 11.8 Å². The highest BCUT2D eigenvalue weighted by Crippen LogP contribution is 2.27. The normalized spacial score (nSPS) is 11.4. The molecule has 2 rings (SSSR count). The number of nitrogens with one attached hydrogen (secondary N) is 3. The van der Waals surface area contributed by atoms with E-state index in [1.54, 1.807) is 0 Å². The number of anilines is 1. The van der Waals surface area contributed by atoms with Crippen LogP contribution in [0.4, 0.5) is 5.69 Å². The molecule has 0 radical (unpaired) electrons. The predicted octanol–water partition coefficient (Wildman–Crippen LogP) is 1.48. The molecule has 0 aliphatic heterocycles. The molecule has 1 heterocycles. The standard InChI is InChI=1S/C11H9Cl2N3O4S/c1-5-9(10(17)15-11(18)14-5)21(19,20)16-8-3-2-6(12)4-7(8)13/h2-4,16H,1H3,(H2,14,15,17,18). The van der Waals surface area contributed by atoms with E-state index in [9.17, 15) is 18.0 Å². The van der Waals surface area contributed by atoms with E-state index in [4.69, 9.17) is 23.2 Å². The zero-order valence-corrected chi connectivity index (χ0v) is 12.9. The topological polar surface area (TPSA) is 112 Å². The van der Waals surface area contributed by atoms with Crippen molar-refractivity contribution in [1.29, 1.82) is 0 Å². The molecule has 0 saturated heterocycles. The van der Waals surface area contributed by atoms with Crippen LogP contribution in [0, 0.1) is 6.92 Å². The van der Waals surface area contributed by atoms with E-state index >= 15 is 0 Å². The molecular weight excluding hydrogens is 341 g/mol. The van der Waals surface area contributed by atoms with E-state index < -0.39 is 26.2 Å². The Labute approximate surface area is 129 Å². The molecule has 0 fully saturated rings. The van der Waals surface area contributed by atoms with Crippen LogP contribution in [0.15, 0.2) is 32.7 Å². The van der Waals surface area contributed by atoms with Crippen molar-refractivity contribution in [2.24, 2.45) is 0 Å². The number of aryl methyl sites for hydroxylation is 1. The zero-order valence-electron chi connectivity index (χ0n) is 10.5. The number of rotatable bonds is 3. The fraction of sp³-hybridized carbons (Fsp3) is 0.0909. The van der Waals surface area contributed by atoms with Gasteiger partial charge < -0.3 is 4.98 Å². The maximum Gasteiger partial charge on any atom is 0.325 e. The molecule has 112 valence electrons. The SMILES string of the molecule is Cc1[nH]c(=O)[nH]c(=O)c1S(=O)(=O)Nc1ccc(Cl)cc1Cl. The molecule has 0 aliphatic carbocycles. The van der Waals surface area contributed by atoms with Gasteiger partial charge in [-0.2, -0.15) is 0 Å². The summed E-state index contributed by atoms with van der Waals surface area (Å²) in [5.74, 6) is 0. The molecule has 0 amide bonds. The van der Waals surface area contributed by atoms with Gasteiger partial charge in [-0.15, -0.1) is 0 Å². The highest BCUT2D eigenvalue weighted by atomic mass is 35.5. The van der Waals surface area contributed by atoms with Crippen molar-refractivity contribution in [3.63, 3.8) is 0 Å². The Hall–Kier alpha value is -1.77. The lowest BCUT2D eigenvalue weighted by Gasteiger charge is -2.10. The predicted molar refractivity (Wildman–Crippen MR) is 79.7 cm³/mol. The number of sulfonamides is 1. The number of hydrogen-bond donors (Lipinski definition) is 3. The first-order valence-electron chi connectivity index (χ1n) is 5.52. The molecular formula is C11H9Cl2N3O4S. The fourth-order valence-corrected chi connectivity index (χ4v) is 3.51. The van der Waals surface area contributed by atoms with E-state index in [1.807, 2.05) is 4.98 Å². The minimum atomic E-state index is -4.22. The molecule has 0 spiro atoms. The van der Waals surface area contributed by atoms with Crippen LogP contribution in [0.3, 0.4) is 0 Å². The summed E-state index contributed by atoms with van der Waals surface area (Å²) in [6, 6.07) is 4.15. The van der Waals surface area contributed by atoms with Crippen LogP contribution in [0.5, 0.6) is 0 Å². The largest absolute Gasteiger partial charge is 0.325 e. The van der Waals surface area contributed by atoms with Crippen molar-refractivity contribution in [3.05, 3.63) is 54.8 Å². The highest BCUT2D eigenvalue weighted by Gasteiger charge is 2.23. The fourth-order valence-electron chi connectivity index (χ4n) is 1.68. The number of H-pyrrole nitrogens is 2. The summed E-state index contributed by atoms with van der Waals surface area (Å²) in [7, 11) is -4.22. The Balaban J connectivity index is 2.54. The summed E-state index contributed by atoms with van der Waals surface area (Å²) in [5, 5.41) is 0.408. The van der Waals surface area contributed by atoms with E-state index in [1.165, 1.54) is 25.1 Å². The summed E-state index contributed by atoms with van der Waals surface area (Å²) in [6.07, 6.45) is 0. The molecule has 0 atom stereocenters. The third-order valence-corrected chi connectivity index (χ3v) is 4.58. The highest BCUT2D eigenvalue weighted by molar-refractivity contribution is 7.92. The van der Waals surface area contributed by atoms with E-state index in [0.29, 0.717) is 5.02 Å². The molecule has 21 heavy (non-hydrogen) atoms. The van der Waals surface area contributed by atoms with Crippen molar-refractivity contribution >= 4 is 38.9 Å². The van der Waals surface area contributed by atoms with Gasteiger partial charge in [0.25, 0.3) is 15.6 Å². The second-order valence-corrected chi connectivity index (χ2v) is 6.55. The smallest absolute Gasteiger partial charge is 0.310 e. The van der Waals surface area contributed by atoms with Crippen LogP contribution in [0.25, 0.3) is 0 Å². The van der Waals surface area contributed by atoms with Crippen molar-refractivity contribution in [2.75, 3.05) is 4.72 Å². The van der Waals surface area contributed by atoms with Crippen LogP contribution < -0.4 is 16.0 Å². The Kier molecular flexibility index (Phi) is 4.13.